The zero-order chi connectivity index (χ0) is 22.5. The van der Waals surface area contributed by atoms with Crippen LogP contribution in [-0.4, -0.2) is 36.1 Å². The summed E-state index contributed by atoms with van der Waals surface area (Å²) < 4.78 is 52.8. The van der Waals surface area contributed by atoms with Crippen LogP contribution in [0.4, 0.5) is 17.6 Å². The second-order valence-electron chi connectivity index (χ2n) is 6.14. The molecule has 0 spiro atoms. The Bertz CT molecular complexity index is 949. The first-order valence-electron chi connectivity index (χ1n) is 8.54. The van der Waals surface area contributed by atoms with Crippen molar-refractivity contribution in [3.8, 4) is 0 Å². The topological polar surface area (TPSA) is 78.4 Å². The number of carbonyl (C=O) groups is 2. The van der Waals surface area contributed by atoms with Crippen molar-refractivity contribution in [2.24, 2.45) is 0 Å². The second-order valence-corrected chi connectivity index (χ2v) is 6.57. The van der Waals surface area contributed by atoms with Gasteiger partial charge in [-0.15, -0.1) is 0 Å². The summed E-state index contributed by atoms with van der Waals surface area (Å²) in [5.74, 6) is -3.42. The van der Waals surface area contributed by atoms with Crippen molar-refractivity contribution in [2.75, 3.05) is 7.05 Å². The van der Waals surface area contributed by atoms with E-state index in [1.165, 1.54) is 13.1 Å². The van der Waals surface area contributed by atoms with Gasteiger partial charge in [-0.3, -0.25) is 9.59 Å². The number of benzene rings is 2. The van der Waals surface area contributed by atoms with Gasteiger partial charge in [0.1, 0.15) is 18.0 Å². The zero-order valence-electron chi connectivity index (χ0n) is 15.5. The standard InChI is InChI=1S/C20H17ClF4N2O3/c1-26-19(30)16(17(28)15(21)9-11-5-3-2-4-6-11)27-18(29)13-8-7-12(22)10-14(13)20(23,24)25/h2-10,16-17,28H,1H3,(H,26,30)(H,27,29). The molecule has 0 aromatic heterocycles. The van der Waals surface area contributed by atoms with Gasteiger partial charge in [-0.25, -0.2) is 4.39 Å². The Labute approximate surface area is 174 Å². The van der Waals surface area contributed by atoms with E-state index in [4.69, 9.17) is 11.6 Å². The number of aliphatic hydroxyl groups is 1. The quantitative estimate of drug-likeness (QED) is 0.598. The SMILES string of the molecule is CNC(=O)C(NC(=O)c1ccc(F)cc1C(F)(F)F)C(O)C(Cl)=Cc1ccccc1. The summed E-state index contributed by atoms with van der Waals surface area (Å²) in [6.07, 6.45) is -5.43. The number of amides is 2. The van der Waals surface area contributed by atoms with E-state index in [2.05, 4.69) is 5.32 Å². The lowest BCUT2D eigenvalue weighted by molar-refractivity contribution is -0.138. The van der Waals surface area contributed by atoms with Gasteiger partial charge in [0.05, 0.1) is 11.1 Å². The molecule has 0 aliphatic heterocycles. The van der Waals surface area contributed by atoms with Crippen molar-refractivity contribution in [1.29, 1.82) is 0 Å². The molecule has 2 rings (SSSR count). The molecule has 3 N–H and O–H groups in total. The molecule has 0 aliphatic carbocycles. The first-order valence-corrected chi connectivity index (χ1v) is 8.91. The van der Waals surface area contributed by atoms with E-state index in [9.17, 15) is 32.3 Å². The molecule has 2 unspecified atom stereocenters. The minimum absolute atomic E-state index is 0.169. The zero-order valence-corrected chi connectivity index (χ0v) is 16.3. The maximum absolute atomic E-state index is 13.3. The van der Waals surface area contributed by atoms with Crippen LogP contribution in [0.15, 0.2) is 53.6 Å². The highest BCUT2D eigenvalue weighted by Crippen LogP contribution is 2.32. The maximum Gasteiger partial charge on any atom is 0.417 e. The van der Waals surface area contributed by atoms with E-state index in [-0.39, 0.29) is 11.1 Å². The molecule has 0 fully saturated rings. The van der Waals surface area contributed by atoms with Gasteiger partial charge in [-0.05, 0) is 29.8 Å². The lowest BCUT2D eigenvalue weighted by Crippen LogP contribution is -2.53. The molecule has 0 aliphatic rings. The molecule has 2 aromatic carbocycles. The fourth-order valence-corrected chi connectivity index (χ4v) is 2.82. The first kappa shape index (κ1) is 23.4. The molecule has 0 saturated carbocycles. The van der Waals surface area contributed by atoms with Crippen molar-refractivity contribution in [3.63, 3.8) is 0 Å². The highest BCUT2D eigenvalue weighted by molar-refractivity contribution is 6.32. The summed E-state index contributed by atoms with van der Waals surface area (Å²) in [6.45, 7) is 0. The normalized spacial score (nSPS) is 14.0. The summed E-state index contributed by atoms with van der Waals surface area (Å²) in [5.41, 5.74) is -1.84. The molecule has 10 heteroatoms. The summed E-state index contributed by atoms with van der Waals surface area (Å²) in [7, 11) is 1.21. The number of hydrogen-bond donors (Lipinski definition) is 3. The summed E-state index contributed by atoms with van der Waals surface area (Å²) in [6, 6.07) is 8.26. The van der Waals surface area contributed by atoms with Gasteiger partial charge in [0, 0.05) is 12.1 Å². The van der Waals surface area contributed by atoms with E-state index < -0.39 is 47.1 Å². The summed E-state index contributed by atoms with van der Waals surface area (Å²) in [4.78, 5) is 24.6. The van der Waals surface area contributed by atoms with Crippen LogP contribution < -0.4 is 10.6 Å². The Morgan fingerprint density at radius 2 is 1.77 bits per heavy atom. The molecule has 0 saturated heterocycles. The fourth-order valence-electron chi connectivity index (χ4n) is 2.56. The Morgan fingerprint density at radius 1 is 1.13 bits per heavy atom. The van der Waals surface area contributed by atoms with Gasteiger partial charge in [0.25, 0.3) is 5.91 Å². The van der Waals surface area contributed by atoms with Gasteiger partial charge < -0.3 is 15.7 Å². The van der Waals surface area contributed by atoms with E-state index >= 15 is 0 Å². The van der Waals surface area contributed by atoms with Crippen molar-refractivity contribution in [2.45, 2.75) is 18.3 Å². The van der Waals surface area contributed by atoms with Gasteiger partial charge >= 0.3 is 6.18 Å². The Hall–Kier alpha value is -2.91. The number of rotatable bonds is 6. The van der Waals surface area contributed by atoms with Crippen LogP contribution in [0.2, 0.25) is 0 Å². The molecular weight excluding hydrogens is 428 g/mol. The van der Waals surface area contributed by atoms with E-state index in [1.54, 1.807) is 30.3 Å². The molecule has 30 heavy (non-hydrogen) atoms. The van der Waals surface area contributed by atoms with Crippen LogP contribution in [-0.2, 0) is 11.0 Å². The second kappa shape index (κ2) is 9.73. The summed E-state index contributed by atoms with van der Waals surface area (Å²) >= 11 is 6.07. The van der Waals surface area contributed by atoms with Crippen LogP contribution in [0, 0.1) is 5.82 Å². The minimum atomic E-state index is -5.01. The number of alkyl halides is 3. The fraction of sp³-hybridized carbons (Fsp3) is 0.200. The Morgan fingerprint density at radius 3 is 2.33 bits per heavy atom. The highest BCUT2D eigenvalue weighted by atomic mass is 35.5. The molecule has 2 aromatic rings. The van der Waals surface area contributed by atoms with Crippen LogP contribution >= 0.6 is 11.6 Å². The van der Waals surface area contributed by atoms with Gasteiger partial charge in [-0.1, -0.05) is 41.9 Å². The van der Waals surface area contributed by atoms with Gasteiger partial charge in [-0.2, -0.15) is 13.2 Å². The van der Waals surface area contributed by atoms with Crippen molar-refractivity contribution < 1.29 is 32.3 Å². The van der Waals surface area contributed by atoms with Crippen molar-refractivity contribution in [1.82, 2.24) is 10.6 Å². The third-order valence-electron chi connectivity index (χ3n) is 4.05. The Balaban J connectivity index is 2.35. The van der Waals surface area contributed by atoms with Crippen LogP contribution in [0.3, 0.4) is 0 Å². The number of aliphatic hydroxyl groups excluding tert-OH is 1. The molecule has 2 amide bonds. The van der Waals surface area contributed by atoms with E-state index in [1.807, 2.05) is 5.32 Å². The molecule has 2 atom stereocenters. The molecular formula is C20H17ClF4N2O3. The summed E-state index contributed by atoms with van der Waals surface area (Å²) in [5, 5.41) is 14.4. The van der Waals surface area contributed by atoms with Crippen LogP contribution in [0.25, 0.3) is 6.08 Å². The van der Waals surface area contributed by atoms with E-state index in [0.29, 0.717) is 17.7 Å². The number of nitrogens with one attached hydrogen (secondary N) is 2. The average molecular weight is 445 g/mol. The number of halogens is 5. The molecule has 160 valence electrons. The third-order valence-corrected chi connectivity index (χ3v) is 4.38. The molecule has 0 heterocycles. The lowest BCUT2D eigenvalue weighted by atomic mass is 10.0. The molecule has 0 radical (unpaired) electrons. The van der Waals surface area contributed by atoms with Crippen LogP contribution in [0.5, 0.6) is 0 Å². The predicted molar refractivity (Wildman–Crippen MR) is 103 cm³/mol. The number of carbonyl (C=O) groups excluding carboxylic acids is 2. The monoisotopic (exact) mass is 444 g/mol. The van der Waals surface area contributed by atoms with Gasteiger partial charge in [0.15, 0.2) is 0 Å². The first-order chi connectivity index (χ1) is 14.0. The number of likely N-dealkylation sites (N-methyl/N-ethyl adjacent to an activating group) is 1. The van der Waals surface area contributed by atoms with Crippen molar-refractivity contribution in [3.05, 3.63) is 76.1 Å². The predicted octanol–water partition coefficient (Wildman–Crippen LogP) is 3.33. The smallest absolute Gasteiger partial charge is 0.385 e. The third kappa shape index (κ3) is 5.80. The average Bonchev–Trinajstić information content (AvgIpc) is 2.70. The van der Waals surface area contributed by atoms with Crippen LogP contribution in [0.1, 0.15) is 21.5 Å². The molecule has 5 nitrogen and oxygen atoms in total. The number of hydrogen-bond acceptors (Lipinski definition) is 3. The highest BCUT2D eigenvalue weighted by Gasteiger charge is 2.37. The van der Waals surface area contributed by atoms with Crippen molar-refractivity contribution >= 4 is 29.5 Å². The Kier molecular flexibility index (Phi) is 7.58. The molecule has 0 bridgehead atoms. The maximum atomic E-state index is 13.3. The minimum Gasteiger partial charge on any atom is -0.385 e. The lowest BCUT2D eigenvalue weighted by Gasteiger charge is -2.23. The van der Waals surface area contributed by atoms with E-state index in [0.717, 1.165) is 0 Å². The largest absolute Gasteiger partial charge is 0.417 e. The van der Waals surface area contributed by atoms with Gasteiger partial charge in [0.2, 0.25) is 5.91 Å².